The highest BCUT2D eigenvalue weighted by Gasteiger charge is 2.31. The molecule has 0 heterocycles. The Kier molecular flexibility index (Phi) is 9.76. The molecule has 43 heavy (non-hydrogen) atoms. The first-order valence-corrected chi connectivity index (χ1v) is 13.8. The van der Waals surface area contributed by atoms with Crippen molar-refractivity contribution < 1.29 is 32.3 Å². The lowest BCUT2D eigenvalue weighted by Gasteiger charge is -2.18. The van der Waals surface area contributed by atoms with Crippen LogP contribution < -0.4 is 10.6 Å². The van der Waals surface area contributed by atoms with Crippen LogP contribution in [0.4, 0.5) is 23.2 Å². The van der Waals surface area contributed by atoms with E-state index in [1.165, 1.54) is 12.1 Å². The molecule has 1 amide bonds. The van der Waals surface area contributed by atoms with Crippen LogP contribution in [0.25, 0.3) is 22.3 Å². The molecule has 5 nitrogen and oxygen atoms in total. The Labute approximate surface area is 251 Å². The molecule has 0 aliphatic carbocycles. The highest BCUT2D eigenvalue weighted by Crippen LogP contribution is 2.37. The number of carboxylic acids is 1. The fourth-order valence-electron chi connectivity index (χ4n) is 4.80. The van der Waals surface area contributed by atoms with Crippen LogP contribution in [0.15, 0.2) is 72.8 Å². The zero-order valence-electron chi connectivity index (χ0n) is 23.4. The standard InChI is InChI=1S/C33H29ClF4N2O3/c1-19-13-21(17-35)3-8-26(19)28-10-7-25(16-30(28)34)40-18-23-4-6-24(33(36,37)38)15-29(23)27-9-5-22(14-20(27)2)32(43)39-12-11-31(41)42/h3-10,13-16,40H,11-12,17-18H2,1-2H3,(H,39,43)(H,41,42). The molecule has 0 aromatic heterocycles. The van der Waals surface area contributed by atoms with E-state index in [1.807, 2.05) is 25.1 Å². The number of halogens is 5. The summed E-state index contributed by atoms with van der Waals surface area (Å²) in [5.41, 5.74) is 5.25. The van der Waals surface area contributed by atoms with Crippen molar-refractivity contribution in [2.45, 2.75) is 39.7 Å². The molecule has 0 bridgehead atoms. The summed E-state index contributed by atoms with van der Waals surface area (Å²) in [4.78, 5) is 23.2. The highest BCUT2D eigenvalue weighted by atomic mass is 35.5. The number of anilines is 1. The van der Waals surface area contributed by atoms with E-state index in [9.17, 15) is 27.2 Å². The summed E-state index contributed by atoms with van der Waals surface area (Å²) in [6.45, 7) is 3.15. The maximum atomic E-state index is 13.7. The van der Waals surface area contributed by atoms with Gasteiger partial charge in [0.2, 0.25) is 0 Å². The number of nitrogens with one attached hydrogen (secondary N) is 2. The Morgan fingerprint density at radius 2 is 1.51 bits per heavy atom. The smallest absolute Gasteiger partial charge is 0.416 e. The average Bonchev–Trinajstić information content (AvgIpc) is 2.95. The van der Waals surface area contributed by atoms with Gasteiger partial charge in [0.15, 0.2) is 0 Å². The fourth-order valence-corrected chi connectivity index (χ4v) is 5.08. The number of amides is 1. The molecule has 224 valence electrons. The van der Waals surface area contributed by atoms with Gasteiger partial charge in [0, 0.05) is 29.9 Å². The van der Waals surface area contributed by atoms with Crippen molar-refractivity contribution in [3.63, 3.8) is 0 Å². The first-order valence-electron chi connectivity index (χ1n) is 13.4. The summed E-state index contributed by atoms with van der Waals surface area (Å²) in [7, 11) is 0. The SMILES string of the molecule is Cc1cc(CF)ccc1-c1ccc(NCc2ccc(C(F)(F)F)cc2-c2ccc(C(=O)NCCC(=O)O)cc2C)cc1Cl. The van der Waals surface area contributed by atoms with Crippen molar-refractivity contribution in [1.29, 1.82) is 0 Å². The molecular formula is C33H29ClF4N2O3. The zero-order valence-corrected chi connectivity index (χ0v) is 24.2. The van der Waals surface area contributed by atoms with Gasteiger partial charge in [-0.25, -0.2) is 4.39 Å². The van der Waals surface area contributed by atoms with Gasteiger partial charge in [0.05, 0.1) is 17.0 Å². The van der Waals surface area contributed by atoms with Crippen LogP contribution in [0.2, 0.25) is 5.02 Å². The van der Waals surface area contributed by atoms with Gasteiger partial charge in [-0.15, -0.1) is 0 Å². The van der Waals surface area contributed by atoms with E-state index in [-0.39, 0.29) is 25.1 Å². The van der Waals surface area contributed by atoms with Crippen molar-refractivity contribution in [1.82, 2.24) is 5.32 Å². The number of hydrogen-bond acceptors (Lipinski definition) is 3. The Morgan fingerprint density at radius 1 is 0.837 bits per heavy atom. The number of rotatable bonds is 10. The Morgan fingerprint density at radius 3 is 2.14 bits per heavy atom. The minimum Gasteiger partial charge on any atom is -0.481 e. The summed E-state index contributed by atoms with van der Waals surface area (Å²) in [6, 6.07) is 18.8. The molecule has 3 N–H and O–H groups in total. The van der Waals surface area contributed by atoms with E-state index in [4.69, 9.17) is 16.7 Å². The lowest BCUT2D eigenvalue weighted by molar-refractivity contribution is -0.138. The van der Waals surface area contributed by atoms with Gasteiger partial charge in [-0.05, 0) is 89.2 Å². The Bertz CT molecular complexity index is 1670. The summed E-state index contributed by atoms with van der Waals surface area (Å²) < 4.78 is 54.0. The fraction of sp³-hybridized carbons (Fsp3) is 0.212. The van der Waals surface area contributed by atoms with E-state index in [1.54, 1.807) is 37.3 Å². The third kappa shape index (κ3) is 7.73. The van der Waals surface area contributed by atoms with Gasteiger partial charge in [0.25, 0.3) is 5.91 Å². The Balaban J connectivity index is 1.60. The molecule has 4 rings (SSSR count). The van der Waals surface area contributed by atoms with Crippen LogP contribution in [0.3, 0.4) is 0 Å². The molecule has 0 atom stereocenters. The van der Waals surface area contributed by atoms with Gasteiger partial charge in [-0.2, -0.15) is 13.2 Å². The quantitative estimate of drug-likeness (QED) is 0.157. The van der Waals surface area contributed by atoms with Crippen molar-refractivity contribution in [2.24, 2.45) is 0 Å². The van der Waals surface area contributed by atoms with Gasteiger partial charge < -0.3 is 15.7 Å². The first-order chi connectivity index (χ1) is 20.4. The topological polar surface area (TPSA) is 78.4 Å². The second-order valence-electron chi connectivity index (χ2n) is 10.1. The molecule has 0 unspecified atom stereocenters. The number of carbonyl (C=O) groups is 2. The number of alkyl halides is 4. The van der Waals surface area contributed by atoms with Crippen LogP contribution in [0.5, 0.6) is 0 Å². The lowest BCUT2D eigenvalue weighted by atomic mass is 9.92. The lowest BCUT2D eigenvalue weighted by Crippen LogP contribution is -2.26. The minimum atomic E-state index is -4.55. The molecule has 0 radical (unpaired) electrons. The molecule has 0 saturated heterocycles. The third-order valence-corrected chi connectivity index (χ3v) is 7.34. The number of aliphatic carboxylic acids is 1. The van der Waals surface area contributed by atoms with E-state index in [0.29, 0.717) is 38.5 Å². The molecule has 4 aromatic carbocycles. The second kappa shape index (κ2) is 13.3. The molecule has 0 aliphatic heterocycles. The molecular weight excluding hydrogens is 584 g/mol. The van der Waals surface area contributed by atoms with E-state index < -0.39 is 30.3 Å². The normalized spacial score (nSPS) is 11.3. The predicted molar refractivity (Wildman–Crippen MR) is 160 cm³/mol. The number of aryl methyl sites for hydroxylation is 2. The van der Waals surface area contributed by atoms with Crippen molar-refractivity contribution in [3.05, 3.63) is 111 Å². The summed E-state index contributed by atoms with van der Waals surface area (Å²) in [6.07, 6.45) is -4.78. The molecule has 0 fully saturated rings. The van der Waals surface area contributed by atoms with E-state index >= 15 is 0 Å². The van der Waals surface area contributed by atoms with Crippen LogP contribution in [-0.2, 0) is 24.2 Å². The predicted octanol–water partition coefficient (Wildman–Crippen LogP) is 8.60. The van der Waals surface area contributed by atoms with Gasteiger partial charge in [-0.1, -0.05) is 48.0 Å². The average molecular weight is 613 g/mol. The van der Waals surface area contributed by atoms with Crippen LogP contribution in [0, 0.1) is 13.8 Å². The van der Waals surface area contributed by atoms with Crippen LogP contribution in [0.1, 0.15) is 44.6 Å². The van der Waals surface area contributed by atoms with Gasteiger partial charge in [0.1, 0.15) is 6.67 Å². The number of benzene rings is 4. The highest BCUT2D eigenvalue weighted by molar-refractivity contribution is 6.33. The largest absolute Gasteiger partial charge is 0.481 e. The zero-order chi connectivity index (χ0) is 31.3. The summed E-state index contributed by atoms with van der Waals surface area (Å²) in [5.74, 6) is -1.52. The van der Waals surface area contributed by atoms with E-state index in [2.05, 4.69) is 10.6 Å². The monoisotopic (exact) mass is 612 g/mol. The van der Waals surface area contributed by atoms with Crippen molar-refractivity contribution >= 4 is 29.2 Å². The molecule has 0 spiro atoms. The summed E-state index contributed by atoms with van der Waals surface area (Å²) in [5, 5.41) is 15.0. The van der Waals surface area contributed by atoms with Crippen LogP contribution >= 0.6 is 11.6 Å². The first kappa shape index (κ1) is 31.6. The number of carboxylic acid groups (broad SMARTS) is 1. The maximum absolute atomic E-state index is 13.7. The van der Waals surface area contributed by atoms with E-state index in [0.717, 1.165) is 28.8 Å². The molecule has 0 aliphatic rings. The molecule has 4 aromatic rings. The summed E-state index contributed by atoms with van der Waals surface area (Å²) >= 11 is 6.60. The maximum Gasteiger partial charge on any atom is 0.416 e. The van der Waals surface area contributed by atoms with Gasteiger partial charge >= 0.3 is 12.1 Å². The van der Waals surface area contributed by atoms with Crippen LogP contribution in [-0.4, -0.2) is 23.5 Å². The number of hydrogen-bond donors (Lipinski definition) is 3. The minimum absolute atomic E-state index is 0.0472. The molecule has 10 heteroatoms. The second-order valence-corrected chi connectivity index (χ2v) is 10.5. The third-order valence-electron chi connectivity index (χ3n) is 7.03. The molecule has 0 saturated carbocycles. The number of carbonyl (C=O) groups excluding carboxylic acids is 1. The Hall–Kier alpha value is -4.37. The van der Waals surface area contributed by atoms with Gasteiger partial charge in [-0.3, -0.25) is 9.59 Å². The van der Waals surface area contributed by atoms with Crippen molar-refractivity contribution in [2.75, 3.05) is 11.9 Å². The van der Waals surface area contributed by atoms with Crippen molar-refractivity contribution in [3.8, 4) is 22.3 Å².